The number of aromatic nitrogens is 2. The summed E-state index contributed by atoms with van der Waals surface area (Å²) >= 11 is 0. The van der Waals surface area contributed by atoms with Crippen molar-refractivity contribution in [3.63, 3.8) is 0 Å². The van der Waals surface area contributed by atoms with Gasteiger partial charge in [-0.05, 0) is 57.8 Å². The Morgan fingerprint density at radius 3 is 1.85 bits per heavy atom. The van der Waals surface area contributed by atoms with Crippen LogP contribution in [0.4, 0.5) is 0 Å². The minimum absolute atomic E-state index is 0.0271. The molecule has 0 aliphatic carbocycles. The number of hydrogen-bond donors (Lipinski definition) is 3. The second-order valence-electron chi connectivity index (χ2n) is 9.53. The molecule has 1 aromatic rings. The normalized spacial score (nSPS) is 13.0. The molecule has 1 rings (SSSR count). The van der Waals surface area contributed by atoms with E-state index in [-0.39, 0.29) is 18.1 Å². The molecule has 41 heavy (non-hydrogen) atoms. The Bertz CT molecular complexity index is 1060. The van der Waals surface area contributed by atoms with Crippen molar-refractivity contribution < 1.29 is 19.4 Å². The number of rotatable bonds is 21. The molecule has 0 aliphatic rings. The number of allylic oxidation sites excluding steroid dienone is 12. The summed E-state index contributed by atoms with van der Waals surface area (Å²) in [5.74, 6) is -0.522. The topological polar surface area (TPSA) is 118 Å². The Morgan fingerprint density at radius 1 is 0.854 bits per heavy atom. The van der Waals surface area contributed by atoms with Crippen LogP contribution in [0.3, 0.4) is 0 Å². The lowest BCUT2D eigenvalue weighted by atomic mass is 10.2. The molecule has 0 fully saturated rings. The number of aryl methyl sites for hydroxylation is 1. The molecule has 0 aliphatic heterocycles. The van der Waals surface area contributed by atoms with Crippen LogP contribution >= 0.6 is 0 Å². The molecule has 3 N–H and O–H groups in total. The highest BCUT2D eigenvalue weighted by Gasteiger charge is 2.13. The summed E-state index contributed by atoms with van der Waals surface area (Å²) in [7, 11) is 0. The molecule has 1 atom stereocenters. The first kappa shape index (κ1) is 35.2. The van der Waals surface area contributed by atoms with Crippen LogP contribution in [0.2, 0.25) is 0 Å². The van der Waals surface area contributed by atoms with Gasteiger partial charge in [0.05, 0.1) is 12.3 Å². The Labute approximate surface area is 245 Å². The summed E-state index contributed by atoms with van der Waals surface area (Å²) in [6, 6.07) is 0. The van der Waals surface area contributed by atoms with Crippen LogP contribution < -0.4 is 15.4 Å². The van der Waals surface area contributed by atoms with Crippen molar-refractivity contribution in [2.45, 2.75) is 84.2 Å². The zero-order valence-electron chi connectivity index (χ0n) is 24.7. The lowest BCUT2D eigenvalue weighted by Gasteiger charge is -2.12. The van der Waals surface area contributed by atoms with Crippen molar-refractivity contribution in [1.29, 1.82) is 0 Å². The molecule has 0 saturated heterocycles. The van der Waals surface area contributed by atoms with Crippen LogP contribution in [0.1, 0.15) is 87.3 Å². The van der Waals surface area contributed by atoms with Crippen molar-refractivity contribution in [3.8, 4) is 0 Å². The van der Waals surface area contributed by atoms with Crippen LogP contribution in [-0.4, -0.2) is 41.1 Å². The fourth-order valence-electron chi connectivity index (χ4n) is 3.49. The summed E-state index contributed by atoms with van der Waals surface area (Å²) in [4.78, 5) is 27.9. The number of amides is 2. The predicted molar refractivity (Wildman–Crippen MR) is 166 cm³/mol. The molecule has 224 valence electrons. The highest BCUT2D eigenvalue weighted by molar-refractivity contribution is 5.91. The molecule has 0 saturated carbocycles. The number of aliphatic hydroxyl groups is 1. The molecule has 1 aromatic heterocycles. The van der Waals surface area contributed by atoms with Gasteiger partial charge >= 0.3 is 0 Å². The van der Waals surface area contributed by atoms with Gasteiger partial charge < -0.3 is 20.9 Å². The van der Waals surface area contributed by atoms with E-state index in [1.807, 2.05) is 6.08 Å². The first-order chi connectivity index (χ1) is 19.9. The minimum Gasteiger partial charge on any atom is -0.618 e. The molecule has 1 heterocycles. The smallest absolute Gasteiger partial charge is 0.276 e. The van der Waals surface area contributed by atoms with Crippen molar-refractivity contribution in [3.05, 3.63) is 102 Å². The van der Waals surface area contributed by atoms with Gasteiger partial charge in [0.15, 0.2) is 5.69 Å². The van der Waals surface area contributed by atoms with Gasteiger partial charge in [-0.15, -0.1) is 0 Å². The molecule has 0 aromatic carbocycles. The van der Waals surface area contributed by atoms with Gasteiger partial charge in [-0.2, -0.15) is 4.73 Å². The van der Waals surface area contributed by atoms with Crippen LogP contribution in [0, 0.1) is 12.1 Å². The van der Waals surface area contributed by atoms with E-state index in [9.17, 15) is 19.9 Å². The fraction of sp³-hybridized carbons (Fsp3) is 0.455. The predicted octanol–water partition coefficient (Wildman–Crippen LogP) is 5.49. The fourth-order valence-corrected chi connectivity index (χ4v) is 3.49. The number of hydrogen-bond acceptors (Lipinski definition) is 5. The lowest BCUT2D eigenvalue weighted by Crippen LogP contribution is -2.35. The minimum atomic E-state index is -0.658. The second kappa shape index (κ2) is 24.1. The summed E-state index contributed by atoms with van der Waals surface area (Å²) in [6.07, 6.45) is 35.2. The summed E-state index contributed by atoms with van der Waals surface area (Å²) in [5.41, 5.74) is 0.427. The van der Waals surface area contributed by atoms with Crippen LogP contribution in [0.25, 0.3) is 0 Å². The van der Waals surface area contributed by atoms with Crippen LogP contribution in [0.5, 0.6) is 0 Å². The summed E-state index contributed by atoms with van der Waals surface area (Å²) < 4.78 is 0.585. The van der Waals surface area contributed by atoms with E-state index < -0.39 is 12.0 Å². The van der Waals surface area contributed by atoms with E-state index in [0.29, 0.717) is 42.7 Å². The van der Waals surface area contributed by atoms with Gasteiger partial charge in [0.25, 0.3) is 5.91 Å². The molecule has 0 radical (unpaired) electrons. The number of aliphatic hydroxyl groups excluding tert-OH is 1. The van der Waals surface area contributed by atoms with Crippen molar-refractivity contribution in [2.75, 3.05) is 13.1 Å². The van der Waals surface area contributed by atoms with Gasteiger partial charge in [-0.1, -0.05) is 79.8 Å². The van der Waals surface area contributed by atoms with Gasteiger partial charge in [0.2, 0.25) is 17.8 Å². The third-order valence-electron chi connectivity index (χ3n) is 5.91. The molecule has 2 amide bonds. The standard InChI is InChI=1S/C33H48N4O4/c1-3-4-5-6-7-8-9-10-11-12-13-14-15-16-17-18-19-20-21-22-32(39)34-25-23-30(38)24-26-35-33(40)31-28-37(41)29(2)27-36-31/h4-5,7-8,10-11,13-14,16-17,19-20,27-28,30,38H,3,6,9,12,15,18,21-26H2,1-2H3,(H,34,39)(H,35,40). The van der Waals surface area contributed by atoms with Crippen molar-refractivity contribution in [1.82, 2.24) is 15.6 Å². The van der Waals surface area contributed by atoms with Crippen LogP contribution in [-0.2, 0) is 4.79 Å². The molecular weight excluding hydrogens is 516 g/mol. The Kier molecular flexibility index (Phi) is 20.7. The zero-order chi connectivity index (χ0) is 30.0. The Balaban J connectivity index is 2.01. The van der Waals surface area contributed by atoms with Gasteiger partial charge in [0.1, 0.15) is 0 Å². The molecule has 1 unspecified atom stereocenters. The molecule has 0 bridgehead atoms. The quantitative estimate of drug-likeness (QED) is 0.104. The van der Waals surface area contributed by atoms with Gasteiger partial charge in [-0.25, -0.2) is 4.98 Å². The summed E-state index contributed by atoms with van der Waals surface area (Å²) in [6.45, 7) is 4.35. The van der Waals surface area contributed by atoms with E-state index >= 15 is 0 Å². The molecule has 8 heteroatoms. The second-order valence-corrected chi connectivity index (χ2v) is 9.53. The molecule has 0 spiro atoms. The van der Waals surface area contributed by atoms with Crippen molar-refractivity contribution >= 4 is 11.8 Å². The maximum atomic E-state index is 12.0. The average Bonchev–Trinajstić information content (AvgIpc) is 2.95. The highest BCUT2D eigenvalue weighted by Crippen LogP contribution is 2.00. The third-order valence-corrected chi connectivity index (χ3v) is 5.91. The zero-order valence-corrected chi connectivity index (χ0v) is 24.7. The van der Waals surface area contributed by atoms with E-state index in [4.69, 9.17) is 0 Å². The van der Waals surface area contributed by atoms with E-state index in [2.05, 4.69) is 89.4 Å². The number of carbonyl (C=O) groups is 2. The van der Waals surface area contributed by atoms with Crippen molar-refractivity contribution in [2.24, 2.45) is 0 Å². The Morgan fingerprint density at radius 2 is 1.34 bits per heavy atom. The summed E-state index contributed by atoms with van der Waals surface area (Å²) in [5, 5.41) is 27.0. The monoisotopic (exact) mass is 564 g/mol. The first-order valence-electron chi connectivity index (χ1n) is 14.6. The van der Waals surface area contributed by atoms with Gasteiger partial charge in [0, 0.05) is 26.4 Å². The molecule has 8 nitrogen and oxygen atoms in total. The Hall–Kier alpha value is -3.78. The third kappa shape index (κ3) is 19.9. The SMILES string of the molecule is CCC=CCC=CCC=CCC=CCC=CCC=CCCC(=O)NCCC(O)CCNC(=O)c1c[n+]([O-])c(C)cn1. The lowest BCUT2D eigenvalue weighted by molar-refractivity contribution is -0.613. The van der Waals surface area contributed by atoms with E-state index in [0.717, 1.165) is 44.7 Å². The molecular formula is C33H48N4O4. The van der Waals surface area contributed by atoms with Crippen LogP contribution in [0.15, 0.2) is 85.3 Å². The number of nitrogens with zero attached hydrogens (tertiary/aromatic N) is 2. The highest BCUT2D eigenvalue weighted by atomic mass is 16.5. The number of carbonyl (C=O) groups excluding carboxylic acids is 2. The van der Waals surface area contributed by atoms with E-state index in [1.165, 1.54) is 6.20 Å². The largest absolute Gasteiger partial charge is 0.618 e. The maximum absolute atomic E-state index is 12.0. The average molecular weight is 565 g/mol. The number of nitrogens with one attached hydrogen (secondary N) is 2. The van der Waals surface area contributed by atoms with E-state index in [1.54, 1.807) is 6.92 Å². The van der Waals surface area contributed by atoms with Gasteiger partial charge in [-0.3, -0.25) is 9.59 Å². The first-order valence-corrected chi connectivity index (χ1v) is 14.6. The maximum Gasteiger partial charge on any atom is 0.276 e.